The van der Waals surface area contributed by atoms with Crippen molar-refractivity contribution in [2.45, 2.75) is 25.7 Å². The first kappa shape index (κ1) is 8.37. The van der Waals surface area contributed by atoms with E-state index in [4.69, 9.17) is 4.74 Å². The van der Waals surface area contributed by atoms with E-state index in [0.29, 0.717) is 29.0 Å². The molecule has 0 aromatic carbocycles. The van der Waals surface area contributed by atoms with Gasteiger partial charge in [-0.15, -0.1) is 0 Å². The van der Waals surface area contributed by atoms with Crippen LogP contribution in [0.5, 0.6) is 0 Å². The van der Waals surface area contributed by atoms with E-state index >= 15 is 0 Å². The number of allylic oxidation sites excluding steroid dienone is 2. The number of ketones is 1. The minimum Gasteiger partial charge on any atom is -0.501 e. The van der Waals surface area contributed by atoms with E-state index in [0.717, 1.165) is 11.7 Å². The molecule has 80 valence electrons. The van der Waals surface area contributed by atoms with Gasteiger partial charge in [0.05, 0.1) is 7.11 Å². The van der Waals surface area contributed by atoms with Crippen LogP contribution < -0.4 is 0 Å². The van der Waals surface area contributed by atoms with E-state index < -0.39 is 0 Å². The number of rotatable bonds is 1. The maximum Gasteiger partial charge on any atom is 0.163 e. The first-order valence-electron chi connectivity index (χ1n) is 6.07. The molecule has 15 heavy (non-hydrogen) atoms. The summed E-state index contributed by atoms with van der Waals surface area (Å²) < 4.78 is 5.41. The van der Waals surface area contributed by atoms with Gasteiger partial charge in [-0.1, -0.05) is 0 Å². The monoisotopic (exact) mass is 204 g/mol. The molecule has 0 aliphatic heterocycles. The average molecular weight is 204 g/mol. The molecule has 0 heterocycles. The molecule has 2 heteroatoms. The van der Waals surface area contributed by atoms with Crippen molar-refractivity contribution >= 4 is 5.78 Å². The molecule has 4 aliphatic carbocycles. The van der Waals surface area contributed by atoms with Crippen molar-refractivity contribution in [3.05, 3.63) is 11.8 Å². The largest absolute Gasteiger partial charge is 0.501 e. The standard InChI is InChI=1S/C13H16O2/c1-15-10-6-9(14)11-7-2-3-8(12(10)11)13(7)4-5-13/h6-8,11-12H,2-5H2,1H3/t7-,8-,11-,12-/m1/s1. The highest BCUT2D eigenvalue weighted by atomic mass is 16.5. The highest BCUT2D eigenvalue weighted by molar-refractivity contribution is 5.96. The van der Waals surface area contributed by atoms with Crippen molar-refractivity contribution in [3.63, 3.8) is 0 Å². The van der Waals surface area contributed by atoms with Crippen LogP contribution >= 0.6 is 0 Å². The fourth-order valence-corrected chi connectivity index (χ4v) is 4.95. The van der Waals surface area contributed by atoms with E-state index in [-0.39, 0.29) is 0 Å². The lowest BCUT2D eigenvalue weighted by Gasteiger charge is -2.24. The van der Waals surface area contributed by atoms with Gasteiger partial charge in [-0.3, -0.25) is 4.79 Å². The smallest absolute Gasteiger partial charge is 0.163 e. The third-order valence-electron chi connectivity index (χ3n) is 5.52. The van der Waals surface area contributed by atoms with Gasteiger partial charge in [-0.05, 0) is 42.9 Å². The Hall–Kier alpha value is -0.790. The van der Waals surface area contributed by atoms with Crippen molar-refractivity contribution in [1.29, 1.82) is 0 Å². The minimum absolute atomic E-state index is 0.307. The number of hydrogen-bond acceptors (Lipinski definition) is 2. The molecule has 0 amide bonds. The Morgan fingerprint density at radius 3 is 2.53 bits per heavy atom. The van der Waals surface area contributed by atoms with Crippen LogP contribution in [0.4, 0.5) is 0 Å². The van der Waals surface area contributed by atoms with Gasteiger partial charge in [0.25, 0.3) is 0 Å². The Kier molecular flexibility index (Phi) is 1.29. The molecule has 4 atom stereocenters. The average Bonchev–Trinajstić information content (AvgIpc) is 2.78. The molecule has 2 bridgehead atoms. The summed E-state index contributed by atoms with van der Waals surface area (Å²) in [6.07, 6.45) is 7.15. The molecule has 1 spiro atoms. The molecule has 0 aromatic rings. The van der Waals surface area contributed by atoms with E-state index in [2.05, 4.69) is 0 Å². The first-order valence-corrected chi connectivity index (χ1v) is 6.07. The highest BCUT2D eigenvalue weighted by Gasteiger charge is 2.71. The maximum atomic E-state index is 12.0. The van der Waals surface area contributed by atoms with Gasteiger partial charge in [0.1, 0.15) is 5.76 Å². The SMILES string of the molecule is COC1=CC(=O)[C@@H]2[C@@H]1[C@H]1CC[C@H]2C12CC2. The van der Waals surface area contributed by atoms with Crippen LogP contribution in [0.15, 0.2) is 11.8 Å². The number of carbonyl (C=O) groups excluding carboxylic acids is 1. The molecule has 0 saturated heterocycles. The van der Waals surface area contributed by atoms with Crippen LogP contribution in [0.2, 0.25) is 0 Å². The van der Waals surface area contributed by atoms with Gasteiger partial charge in [-0.2, -0.15) is 0 Å². The zero-order chi connectivity index (χ0) is 10.2. The topological polar surface area (TPSA) is 26.3 Å². The van der Waals surface area contributed by atoms with E-state index in [9.17, 15) is 4.79 Å². The molecule has 3 fully saturated rings. The number of methoxy groups -OCH3 is 1. The van der Waals surface area contributed by atoms with Crippen LogP contribution in [0.1, 0.15) is 25.7 Å². The predicted molar refractivity (Wildman–Crippen MR) is 55.0 cm³/mol. The maximum absolute atomic E-state index is 12.0. The van der Waals surface area contributed by atoms with Crippen LogP contribution in [-0.4, -0.2) is 12.9 Å². The van der Waals surface area contributed by atoms with E-state index in [1.165, 1.54) is 25.7 Å². The predicted octanol–water partition coefficient (Wildman–Crippen LogP) is 2.15. The molecule has 0 N–H and O–H groups in total. The van der Waals surface area contributed by atoms with Crippen LogP contribution in [0.25, 0.3) is 0 Å². The summed E-state index contributed by atoms with van der Waals surface area (Å²) in [7, 11) is 1.72. The molecule has 0 radical (unpaired) electrons. The third kappa shape index (κ3) is 0.745. The van der Waals surface area contributed by atoms with Crippen molar-refractivity contribution < 1.29 is 9.53 Å². The number of ether oxygens (including phenoxy) is 1. The van der Waals surface area contributed by atoms with Gasteiger partial charge >= 0.3 is 0 Å². The summed E-state index contributed by atoms with van der Waals surface area (Å²) in [6, 6.07) is 0. The van der Waals surface area contributed by atoms with Crippen molar-refractivity contribution in [1.82, 2.24) is 0 Å². The number of hydrogen-bond donors (Lipinski definition) is 0. The second-order valence-corrected chi connectivity index (χ2v) is 5.73. The van der Waals surface area contributed by atoms with Gasteiger partial charge in [-0.25, -0.2) is 0 Å². The second kappa shape index (κ2) is 2.31. The fourth-order valence-electron chi connectivity index (χ4n) is 4.95. The van der Waals surface area contributed by atoms with Gasteiger partial charge in [0, 0.05) is 17.9 Å². The second-order valence-electron chi connectivity index (χ2n) is 5.73. The lowest BCUT2D eigenvalue weighted by Crippen LogP contribution is -2.24. The Bertz CT molecular complexity index is 378. The van der Waals surface area contributed by atoms with Gasteiger partial charge in [0.15, 0.2) is 5.78 Å². The lowest BCUT2D eigenvalue weighted by atomic mass is 9.80. The zero-order valence-electron chi connectivity index (χ0n) is 9.03. The molecule has 2 nitrogen and oxygen atoms in total. The third-order valence-corrected chi connectivity index (χ3v) is 5.52. The first-order chi connectivity index (χ1) is 7.28. The van der Waals surface area contributed by atoms with Crippen LogP contribution in [0.3, 0.4) is 0 Å². The molecule has 4 aliphatic rings. The lowest BCUT2D eigenvalue weighted by molar-refractivity contribution is -0.119. The normalized spacial score (nSPS) is 48.3. The fraction of sp³-hybridized carbons (Fsp3) is 0.769. The quantitative estimate of drug-likeness (QED) is 0.654. The van der Waals surface area contributed by atoms with Gasteiger partial charge < -0.3 is 4.74 Å². The summed E-state index contributed by atoms with van der Waals surface area (Å²) >= 11 is 0. The van der Waals surface area contributed by atoms with Crippen molar-refractivity contribution in [3.8, 4) is 0 Å². The van der Waals surface area contributed by atoms with Crippen LogP contribution in [-0.2, 0) is 9.53 Å². The number of carbonyl (C=O) groups is 1. The summed E-state index contributed by atoms with van der Waals surface area (Å²) in [5.41, 5.74) is 0.586. The Morgan fingerprint density at radius 2 is 1.93 bits per heavy atom. The van der Waals surface area contributed by atoms with Crippen molar-refractivity contribution in [2.75, 3.05) is 7.11 Å². The summed E-state index contributed by atoms with van der Waals surface area (Å²) in [5.74, 6) is 3.58. The zero-order valence-corrected chi connectivity index (χ0v) is 9.03. The molecule has 3 saturated carbocycles. The molecular formula is C13H16O2. The van der Waals surface area contributed by atoms with E-state index in [1.54, 1.807) is 13.2 Å². The Morgan fingerprint density at radius 1 is 1.27 bits per heavy atom. The Labute approximate surface area is 89.7 Å². The molecule has 0 unspecified atom stereocenters. The molecular weight excluding hydrogens is 188 g/mol. The summed E-state index contributed by atoms with van der Waals surface area (Å²) in [4.78, 5) is 12.0. The molecule has 4 rings (SSSR count). The van der Waals surface area contributed by atoms with Crippen LogP contribution in [0, 0.1) is 29.1 Å². The molecule has 0 aromatic heterocycles. The summed E-state index contributed by atoms with van der Waals surface area (Å²) in [6.45, 7) is 0. The highest BCUT2D eigenvalue weighted by Crippen LogP contribution is 2.76. The minimum atomic E-state index is 0.307. The van der Waals surface area contributed by atoms with Crippen molar-refractivity contribution in [2.24, 2.45) is 29.1 Å². The summed E-state index contributed by atoms with van der Waals surface area (Å²) in [5, 5.41) is 0. The van der Waals surface area contributed by atoms with E-state index in [1.807, 2.05) is 0 Å². The number of fused-ring (bicyclic) bond motifs is 3. The van der Waals surface area contributed by atoms with Gasteiger partial charge in [0.2, 0.25) is 0 Å². The Balaban J connectivity index is 1.81.